The minimum Gasteiger partial charge on any atom is -0.366 e. The SMILES string of the molecule is CCC(C)NCc1cc(F)cc(-c2cc(C(N)=O)c3[nH]cc(C4CCNCC4)c3c2)c1. The van der Waals surface area contributed by atoms with Gasteiger partial charge in [0.05, 0.1) is 11.1 Å². The Hall–Kier alpha value is -2.70. The molecule has 0 spiro atoms. The van der Waals surface area contributed by atoms with Gasteiger partial charge >= 0.3 is 0 Å². The number of hydrogen-bond donors (Lipinski definition) is 4. The van der Waals surface area contributed by atoms with Crippen molar-refractivity contribution in [3.8, 4) is 11.1 Å². The highest BCUT2D eigenvalue weighted by atomic mass is 19.1. The average Bonchev–Trinajstić information content (AvgIpc) is 3.21. The number of nitrogens with one attached hydrogen (secondary N) is 3. The summed E-state index contributed by atoms with van der Waals surface area (Å²) in [6.07, 6.45) is 5.11. The van der Waals surface area contributed by atoms with Gasteiger partial charge in [0, 0.05) is 24.2 Å². The van der Waals surface area contributed by atoms with E-state index in [9.17, 15) is 9.18 Å². The maximum absolute atomic E-state index is 14.5. The molecule has 164 valence electrons. The van der Waals surface area contributed by atoms with E-state index >= 15 is 0 Å². The fourth-order valence-electron chi connectivity index (χ4n) is 4.44. The van der Waals surface area contributed by atoms with E-state index in [0.717, 1.165) is 59.9 Å². The molecular formula is C25H31FN4O. The number of piperidine rings is 1. The van der Waals surface area contributed by atoms with Crippen LogP contribution in [0.2, 0.25) is 0 Å². The van der Waals surface area contributed by atoms with Crippen LogP contribution in [0, 0.1) is 5.82 Å². The molecule has 0 saturated carbocycles. The normalized spacial score (nSPS) is 16.0. The van der Waals surface area contributed by atoms with Crippen LogP contribution in [-0.2, 0) is 6.54 Å². The molecule has 3 aromatic rings. The number of fused-ring (bicyclic) bond motifs is 1. The monoisotopic (exact) mass is 422 g/mol. The van der Waals surface area contributed by atoms with Gasteiger partial charge in [-0.1, -0.05) is 6.92 Å². The molecule has 1 aliphatic rings. The number of carbonyl (C=O) groups is 1. The van der Waals surface area contributed by atoms with Crippen molar-refractivity contribution in [1.82, 2.24) is 15.6 Å². The molecule has 0 aliphatic carbocycles. The van der Waals surface area contributed by atoms with Crippen LogP contribution in [-0.4, -0.2) is 30.0 Å². The van der Waals surface area contributed by atoms with E-state index < -0.39 is 5.91 Å². The number of amides is 1. The van der Waals surface area contributed by atoms with E-state index in [1.165, 1.54) is 11.6 Å². The number of benzene rings is 2. The summed E-state index contributed by atoms with van der Waals surface area (Å²) in [7, 11) is 0. The maximum atomic E-state index is 14.5. The van der Waals surface area contributed by atoms with Gasteiger partial charge in [-0.25, -0.2) is 4.39 Å². The highest BCUT2D eigenvalue weighted by molar-refractivity contribution is 6.07. The summed E-state index contributed by atoms with van der Waals surface area (Å²) < 4.78 is 14.5. The molecule has 0 bridgehead atoms. The minimum atomic E-state index is -0.486. The average molecular weight is 423 g/mol. The molecule has 1 fully saturated rings. The number of aromatic amines is 1. The Morgan fingerprint density at radius 2 is 1.94 bits per heavy atom. The fourth-order valence-corrected chi connectivity index (χ4v) is 4.44. The molecule has 1 atom stereocenters. The van der Waals surface area contributed by atoms with Crippen molar-refractivity contribution in [1.29, 1.82) is 0 Å². The summed E-state index contributed by atoms with van der Waals surface area (Å²) >= 11 is 0. The van der Waals surface area contributed by atoms with Crippen molar-refractivity contribution >= 4 is 16.8 Å². The lowest BCUT2D eigenvalue weighted by Crippen LogP contribution is -2.26. The minimum absolute atomic E-state index is 0.285. The zero-order chi connectivity index (χ0) is 22.0. The number of primary amides is 1. The molecule has 2 heterocycles. The van der Waals surface area contributed by atoms with Crippen LogP contribution in [0.15, 0.2) is 36.5 Å². The smallest absolute Gasteiger partial charge is 0.250 e. The van der Waals surface area contributed by atoms with Crippen molar-refractivity contribution in [2.75, 3.05) is 13.1 Å². The molecule has 5 N–H and O–H groups in total. The second kappa shape index (κ2) is 9.20. The Labute approximate surface area is 182 Å². The number of halogens is 1. The highest BCUT2D eigenvalue weighted by Gasteiger charge is 2.21. The first-order chi connectivity index (χ1) is 15.0. The Balaban J connectivity index is 1.78. The molecule has 1 aliphatic heterocycles. The van der Waals surface area contributed by atoms with Gasteiger partial charge in [0.2, 0.25) is 0 Å². The van der Waals surface area contributed by atoms with Crippen molar-refractivity contribution in [2.45, 2.75) is 51.6 Å². The molecule has 1 saturated heterocycles. The molecule has 1 unspecified atom stereocenters. The van der Waals surface area contributed by atoms with Crippen LogP contribution in [0.4, 0.5) is 4.39 Å². The van der Waals surface area contributed by atoms with Crippen LogP contribution in [0.1, 0.15) is 60.5 Å². The molecule has 2 aromatic carbocycles. The lowest BCUT2D eigenvalue weighted by molar-refractivity contribution is 0.100. The van der Waals surface area contributed by atoms with Gasteiger partial charge in [0.15, 0.2) is 0 Å². The predicted molar refractivity (Wildman–Crippen MR) is 124 cm³/mol. The first-order valence-electron chi connectivity index (χ1n) is 11.1. The number of H-pyrrole nitrogens is 1. The summed E-state index contributed by atoms with van der Waals surface area (Å²) in [6.45, 7) is 6.79. The summed E-state index contributed by atoms with van der Waals surface area (Å²) in [5.41, 5.74) is 10.6. The maximum Gasteiger partial charge on any atom is 0.250 e. The van der Waals surface area contributed by atoms with Gasteiger partial charge in [0.25, 0.3) is 5.91 Å². The zero-order valence-electron chi connectivity index (χ0n) is 18.2. The molecule has 0 radical (unpaired) electrons. The Morgan fingerprint density at radius 1 is 1.19 bits per heavy atom. The third-order valence-electron chi connectivity index (χ3n) is 6.42. The molecule has 1 aromatic heterocycles. The van der Waals surface area contributed by atoms with Gasteiger partial charge in [-0.2, -0.15) is 0 Å². The van der Waals surface area contributed by atoms with E-state index in [-0.39, 0.29) is 5.82 Å². The van der Waals surface area contributed by atoms with Gasteiger partial charge in [-0.15, -0.1) is 0 Å². The third-order valence-corrected chi connectivity index (χ3v) is 6.42. The first-order valence-corrected chi connectivity index (χ1v) is 11.1. The van der Waals surface area contributed by atoms with Crippen molar-refractivity contribution in [3.05, 3.63) is 59.0 Å². The summed E-state index contributed by atoms with van der Waals surface area (Å²) in [4.78, 5) is 15.5. The van der Waals surface area contributed by atoms with E-state index in [1.807, 2.05) is 12.3 Å². The van der Waals surface area contributed by atoms with Gasteiger partial charge < -0.3 is 21.4 Å². The number of nitrogens with two attached hydrogens (primary N) is 1. The van der Waals surface area contributed by atoms with E-state index in [0.29, 0.717) is 24.1 Å². The quantitative estimate of drug-likeness (QED) is 0.455. The van der Waals surface area contributed by atoms with E-state index in [2.05, 4.69) is 35.5 Å². The van der Waals surface area contributed by atoms with Crippen LogP contribution in [0.3, 0.4) is 0 Å². The second-order valence-electron chi connectivity index (χ2n) is 8.62. The zero-order valence-corrected chi connectivity index (χ0v) is 18.2. The van der Waals surface area contributed by atoms with Crippen molar-refractivity contribution in [3.63, 3.8) is 0 Å². The van der Waals surface area contributed by atoms with Gasteiger partial charge in [-0.3, -0.25) is 4.79 Å². The van der Waals surface area contributed by atoms with Crippen LogP contribution >= 0.6 is 0 Å². The fraction of sp³-hybridized carbons (Fsp3) is 0.400. The third kappa shape index (κ3) is 4.65. The number of hydrogen-bond acceptors (Lipinski definition) is 3. The van der Waals surface area contributed by atoms with Gasteiger partial charge in [-0.05, 0) is 97.8 Å². The van der Waals surface area contributed by atoms with Crippen molar-refractivity contribution < 1.29 is 9.18 Å². The van der Waals surface area contributed by atoms with Crippen LogP contribution < -0.4 is 16.4 Å². The molecule has 4 rings (SSSR count). The lowest BCUT2D eigenvalue weighted by Gasteiger charge is -2.22. The van der Waals surface area contributed by atoms with E-state index in [4.69, 9.17) is 5.73 Å². The highest BCUT2D eigenvalue weighted by Crippen LogP contribution is 2.36. The molecular weight excluding hydrogens is 391 g/mol. The second-order valence-corrected chi connectivity index (χ2v) is 8.62. The standard InChI is InChI=1S/C25H31FN4O/c1-3-15(2)29-13-16-8-18(10-20(26)9-16)19-11-21-23(17-4-6-28-7-5-17)14-30-24(21)22(12-19)25(27)31/h8-12,14-15,17,28-30H,3-7,13H2,1-2H3,(H2,27,31). The summed E-state index contributed by atoms with van der Waals surface area (Å²) in [5.74, 6) is -0.346. The molecule has 31 heavy (non-hydrogen) atoms. The molecule has 1 amide bonds. The van der Waals surface area contributed by atoms with E-state index in [1.54, 1.807) is 12.1 Å². The lowest BCUT2D eigenvalue weighted by atomic mass is 9.88. The molecule has 5 nitrogen and oxygen atoms in total. The number of carbonyl (C=O) groups excluding carboxylic acids is 1. The van der Waals surface area contributed by atoms with Gasteiger partial charge in [0.1, 0.15) is 5.82 Å². The Bertz CT molecular complexity index is 1080. The topological polar surface area (TPSA) is 82.9 Å². The largest absolute Gasteiger partial charge is 0.366 e. The number of aromatic nitrogens is 1. The van der Waals surface area contributed by atoms with Crippen molar-refractivity contribution in [2.24, 2.45) is 5.73 Å². The van der Waals surface area contributed by atoms with Crippen LogP contribution in [0.5, 0.6) is 0 Å². The molecule has 6 heteroatoms. The Morgan fingerprint density at radius 3 is 2.65 bits per heavy atom. The Kier molecular flexibility index (Phi) is 6.39. The summed E-state index contributed by atoms with van der Waals surface area (Å²) in [5, 5.41) is 7.81. The first kappa shape index (κ1) is 21.5. The van der Waals surface area contributed by atoms with Crippen LogP contribution in [0.25, 0.3) is 22.0 Å². The number of rotatable bonds is 7. The predicted octanol–water partition coefficient (Wildman–Crippen LogP) is 4.43. The summed E-state index contributed by atoms with van der Waals surface area (Å²) in [6, 6.07) is 9.27.